The Hall–Kier alpha value is -2.77. The number of fused-ring (bicyclic) bond motifs is 1. The van der Waals surface area contributed by atoms with Crippen molar-refractivity contribution in [2.75, 3.05) is 6.61 Å². The number of para-hydroxylation sites is 1. The number of hydrogen-bond acceptors (Lipinski definition) is 4. The van der Waals surface area contributed by atoms with Crippen molar-refractivity contribution >= 4 is 11.0 Å². The summed E-state index contributed by atoms with van der Waals surface area (Å²) in [6.07, 6.45) is 0. The van der Waals surface area contributed by atoms with E-state index >= 15 is 0 Å². The molecule has 2 aromatic carbocycles. The minimum atomic E-state index is 0.0718. The van der Waals surface area contributed by atoms with E-state index in [4.69, 9.17) is 14.4 Å². The Morgan fingerprint density at radius 2 is 2.00 bits per heavy atom. The van der Waals surface area contributed by atoms with Crippen LogP contribution in [0.5, 0.6) is 5.75 Å². The quantitative estimate of drug-likeness (QED) is 0.723. The summed E-state index contributed by atoms with van der Waals surface area (Å²) in [5.41, 5.74) is 2.60. The average Bonchev–Trinajstić information content (AvgIpc) is 3.06. The van der Waals surface area contributed by atoms with Gasteiger partial charge in [0.05, 0.1) is 24.3 Å². The van der Waals surface area contributed by atoms with Crippen molar-refractivity contribution in [1.29, 1.82) is 5.26 Å². The molecule has 1 unspecified atom stereocenters. The molecule has 3 rings (SSSR count). The third-order valence-corrected chi connectivity index (χ3v) is 3.95. The van der Waals surface area contributed by atoms with Gasteiger partial charge in [0.25, 0.3) is 0 Å². The summed E-state index contributed by atoms with van der Waals surface area (Å²) in [5.74, 6) is 1.66. The van der Waals surface area contributed by atoms with Gasteiger partial charge in [-0.15, -0.1) is 0 Å². The molecule has 0 saturated carbocycles. The molecule has 0 spiro atoms. The van der Waals surface area contributed by atoms with Crippen LogP contribution in [0.4, 0.5) is 0 Å². The highest BCUT2D eigenvalue weighted by Crippen LogP contribution is 2.31. The van der Waals surface area contributed by atoms with Crippen LogP contribution >= 0.6 is 0 Å². The van der Waals surface area contributed by atoms with Gasteiger partial charge in [0.1, 0.15) is 5.76 Å². The number of nitriles is 1. The molecule has 1 heterocycles. The smallest absolute Gasteiger partial charge is 0.176 e. The van der Waals surface area contributed by atoms with Gasteiger partial charge in [-0.05, 0) is 43.7 Å². The summed E-state index contributed by atoms with van der Waals surface area (Å²) >= 11 is 0. The molecule has 0 fully saturated rings. The van der Waals surface area contributed by atoms with Gasteiger partial charge in [-0.3, -0.25) is 0 Å². The summed E-state index contributed by atoms with van der Waals surface area (Å²) in [4.78, 5) is 0. The molecule has 1 aromatic heterocycles. The SMILES string of the molecule is CCOc1cccc2cc(C(C)NCc3ccc(C#N)cc3)oc12. The van der Waals surface area contributed by atoms with E-state index in [0.29, 0.717) is 18.7 Å². The number of nitrogens with one attached hydrogen (secondary N) is 1. The first-order valence-corrected chi connectivity index (χ1v) is 8.09. The maximum Gasteiger partial charge on any atom is 0.176 e. The van der Waals surface area contributed by atoms with Crippen LogP contribution in [0.3, 0.4) is 0 Å². The molecule has 1 N–H and O–H groups in total. The molecule has 122 valence electrons. The van der Waals surface area contributed by atoms with Gasteiger partial charge in [0.15, 0.2) is 11.3 Å². The topological polar surface area (TPSA) is 58.2 Å². The maximum atomic E-state index is 8.84. The average molecular weight is 320 g/mol. The third kappa shape index (κ3) is 3.42. The van der Waals surface area contributed by atoms with Crippen molar-refractivity contribution in [3.05, 3.63) is 65.4 Å². The van der Waals surface area contributed by atoms with Crippen LogP contribution in [-0.4, -0.2) is 6.61 Å². The fourth-order valence-corrected chi connectivity index (χ4v) is 2.61. The van der Waals surface area contributed by atoms with Gasteiger partial charge in [0.2, 0.25) is 0 Å². The predicted molar refractivity (Wildman–Crippen MR) is 93.8 cm³/mol. The molecule has 0 radical (unpaired) electrons. The van der Waals surface area contributed by atoms with Crippen molar-refractivity contribution < 1.29 is 9.15 Å². The van der Waals surface area contributed by atoms with E-state index in [0.717, 1.165) is 28.0 Å². The zero-order valence-electron chi connectivity index (χ0n) is 13.9. The van der Waals surface area contributed by atoms with Crippen molar-refractivity contribution in [3.63, 3.8) is 0 Å². The third-order valence-electron chi connectivity index (χ3n) is 3.95. The number of furan rings is 1. The van der Waals surface area contributed by atoms with Crippen LogP contribution in [0, 0.1) is 11.3 Å². The Kier molecular flexibility index (Phi) is 4.83. The molecule has 0 bridgehead atoms. The molecular formula is C20H20N2O2. The second-order valence-corrected chi connectivity index (χ2v) is 5.67. The maximum absolute atomic E-state index is 8.84. The summed E-state index contributed by atoms with van der Waals surface area (Å²) < 4.78 is 11.6. The van der Waals surface area contributed by atoms with E-state index in [1.165, 1.54) is 0 Å². The summed E-state index contributed by atoms with van der Waals surface area (Å²) in [7, 11) is 0. The van der Waals surface area contributed by atoms with Gasteiger partial charge in [-0.1, -0.05) is 24.3 Å². The normalized spacial score (nSPS) is 12.0. The molecule has 0 aliphatic carbocycles. The second kappa shape index (κ2) is 7.20. The van der Waals surface area contributed by atoms with Gasteiger partial charge in [0, 0.05) is 11.9 Å². The molecule has 0 amide bonds. The molecule has 3 aromatic rings. The molecule has 0 aliphatic heterocycles. The van der Waals surface area contributed by atoms with E-state index in [-0.39, 0.29) is 6.04 Å². The van der Waals surface area contributed by atoms with Gasteiger partial charge in [-0.2, -0.15) is 5.26 Å². The molecule has 4 heteroatoms. The molecular weight excluding hydrogens is 300 g/mol. The van der Waals surface area contributed by atoms with E-state index in [1.54, 1.807) is 0 Å². The Morgan fingerprint density at radius 3 is 2.71 bits per heavy atom. The minimum absolute atomic E-state index is 0.0718. The van der Waals surface area contributed by atoms with E-state index in [1.807, 2.05) is 55.5 Å². The Morgan fingerprint density at radius 1 is 1.21 bits per heavy atom. The zero-order chi connectivity index (χ0) is 16.9. The first kappa shape index (κ1) is 16.1. The van der Waals surface area contributed by atoms with Crippen LogP contribution in [0.15, 0.2) is 52.9 Å². The van der Waals surface area contributed by atoms with Crippen molar-refractivity contribution in [2.24, 2.45) is 0 Å². The number of ether oxygens (including phenoxy) is 1. The standard InChI is InChI=1S/C20H20N2O2/c1-3-23-18-6-4-5-17-11-19(24-20(17)18)14(2)22-13-16-9-7-15(12-21)8-10-16/h4-11,14,22H,3,13H2,1-2H3. The van der Waals surface area contributed by atoms with E-state index in [9.17, 15) is 0 Å². The largest absolute Gasteiger partial charge is 0.490 e. The second-order valence-electron chi connectivity index (χ2n) is 5.67. The van der Waals surface area contributed by atoms with Crippen molar-refractivity contribution in [3.8, 4) is 11.8 Å². The molecule has 24 heavy (non-hydrogen) atoms. The highest BCUT2D eigenvalue weighted by atomic mass is 16.5. The molecule has 0 aliphatic rings. The lowest BCUT2D eigenvalue weighted by atomic mass is 10.1. The van der Waals surface area contributed by atoms with Crippen LogP contribution in [-0.2, 0) is 6.54 Å². The molecule has 1 atom stereocenters. The summed E-state index contributed by atoms with van der Waals surface area (Å²) in [6, 6.07) is 17.8. The first-order chi connectivity index (χ1) is 11.7. The lowest BCUT2D eigenvalue weighted by Gasteiger charge is -2.11. The summed E-state index contributed by atoms with van der Waals surface area (Å²) in [6.45, 7) is 5.36. The molecule has 0 saturated heterocycles. The molecule has 4 nitrogen and oxygen atoms in total. The minimum Gasteiger partial charge on any atom is -0.490 e. The number of nitrogens with zero attached hydrogens (tertiary/aromatic N) is 1. The van der Waals surface area contributed by atoms with Crippen LogP contribution in [0.2, 0.25) is 0 Å². The van der Waals surface area contributed by atoms with Crippen LogP contribution in [0.25, 0.3) is 11.0 Å². The number of hydrogen-bond donors (Lipinski definition) is 1. The number of benzene rings is 2. The highest BCUT2D eigenvalue weighted by molar-refractivity contribution is 5.83. The first-order valence-electron chi connectivity index (χ1n) is 8.09. The lowest BCUT2D eigenvalue weighted by Crippen LogP contribution is -2.17. The predicted octanol–water partition coefficient (Wildman–Crippen LogP) is 4.55. The van der Waals surface area contributed by atoms with Gasteiger partial charge in [-0.25, -0.2) is 0 Å². The van der Waals surface area contributed by atoms with E-state index < -0.39 is 0 Å². The van der Waals surface area contributed by atoms with Crippen LogP contribution in [0.1, 0.15) is 36.8 Å². The van der Waals surface area contributed by atoms with Crippen molar-refractivity contribution in [1.82, 2.24) is 5.32 Å². The highest BCUT2D eigenvalue weighted by Gasteiger charge is 2.14. The summed E-state index contributed by atoms with van der Waals surface area (Å²) in [5, 5.41) is 13.3. The fraction of sp³-hybridized carbons (Fsp3) is 0.250. The lowest BCUT2D eigenvalue weighted by molar-refractivity contribution is 0.336. The van der Waals surface area contributed by atoms with Crippen LogP contribution < -0.4 is 10.1 Å². The Labute approximate surface area is 141 Å². The Balaban J connectivity index is 1.72. The van der Waals surface area contributed by atoms with E-state index in [2.05, 4.69) is 18.3 Å². The fourth-order valence-electron chi connectivity index (χ4n) is 2.61. The van der Waals surface area contributed by atoms with Gasteiger partial charge < -0.3 is 14.5 Å². The Bertz CT molecular complexity index is 859. The van der Waals surface area contributed by atoms with Gasteiger partial charge >= 0.3 is 0 Å². The zero-order valence-corrected chi connectivity index (χ0v) is 13.9. The number of rotatable bonds is 6. The van der Waals surface area contributed by atoms with Crippen molar-refractivity contribution in [2.45, 2.75) is 26.4 Å². The monoisotopic (exact) mass is 320 g/mol.